The highest BCUT2D eigenvalue weighted by atomic mass is 19.1. The Morgan fingerprint density at radius 2 is 1.90 bits per heavy atom. The molecule has 1 amide bonds. The van der Waals surface area contributed by atoms with Crippen molar-refractivity contribution in [1.29, 1.82) is 0 Å². The molecular formula is C12H12F2N2O5. The Morgan fingerprint density at radius 3 is 2.38 bits per heavy atom. The van der Waals surface area contributed by atoms with Crippen LogP contribution in [-0.4, -0.2) is 29.4 Å². The molecule has 1 rings (SSSR count). The molecule has 0 heterocycles. The molecule has 0 radical (unpaired) electrons. The second-order valence-electron chi connectivity index (χ2n) is 4.61. The number of hydrogen-bond acceptors (Lipinski definition) is 5. The number of nitro benzene ring substituents is 1. The molecule has 0 atom stereocenters. The lowest BCUT2D eigenvalue weighted by atomic mass is 10.0. The highest BCUT2D eigenvalue weighted by Gasteiger charge is 2.33. The zero-order valence-electron chi connectivity index (χ0n) is 11.4. The average Bonchev–Trinajstić information content (AvgIpc) is 2.38. The summed E-state index contributed by atoms with van der Waals surface area (Å²) in [6.45, 7) is 2.56. The van der Waals surface area contributed by atoms with E-state index in [1.165, 1.54) is 13.8 Å². The van der Waals surface area contributed by atoms with Crippen LogP contribution < -0.4 is 5.32 Å². The standard InChI is InChI=1S/C12H12F2N2O5/c1-12(2,11(18)21-3)15-10(17)7-4-6(13)5-8(9(7)14)16(19)20/h4-5H,1-3H3,(H,15,17). The third-order valence-electron chi connectivity index (χ3n) is 2.58. The zero-order chi connectivity index (χ0) is 16.4. The van der Waals surface area contributed by atoms with E-state index in [0.29, 0.717) is 12.1 Å². The monoisotopic (exact) mass is 302 g/mol. The number of nitrogens with zero attached hydrogens (tertiary/aromatic N) is 1. The van der Waals surface area contributed by atoms with Crippen LogP contribution in [0.2, 0.25) is 0 Å². The molecule has 21 heavy (non-hydrogen) atoms. The number of benzene rings is 1. The van der Waals surface area contributed by atoms with Crippen molar-refractivity contribution in [3.63, 3.8) is 0 Å². The van der Waals surface area contributed by atoms with Gasteiger partial charge in [0, 0.05) is 0 Å². The van der Waals surface area contributed by atoms with E-state index in [2.05, 4.69) is 10.1 Å². The summed E-state index contributed by atoms with van der Waals surface area (Å²) < 4.78 is 31.5. The van der Waals surface area contributed by atoms with Crippen LogP contribution in [0.5, 0.6) is 0 Å². The van der Waals surface area contributed by atoms with Gasteiger partial charge in [0.25, 0.3) is 5.91 Å². The van der Waals surface area contributed by atoms with Crippen LogP contribution >= 0.6 is 0 Å². The fraction of sp³-hybridized carbons (Fsp3) is 0.333. The topological polar surface area (TPSA) is 98.5 Å². The van der Waals surface area contributed by atoms with Gasteiger partial charge in [0.15, 0.2) is 0 Å². The van der Waals surface area contributed by atoms with Crippen LogP contribution in [0, 0.1) is 21.7 Å². The first-order valence-electron chi connectivity index (χ1n) is 5.64. The quantitative estimate of drug-likeness (QED) is 0.517. The number of esters is 1. The normalized spacial score (nSPS) is 10.9. The van der Waals surface area contributed by atoms with Crippen molar-refractivity contribution >= 4 is 17.6 Å². The molecule has 0 aliphatic carbocycles. The molecule has 7 nitrogen and oxygen atoms in total. The van der Waals surface area contributed by atoms with Crippen molar-refractivity contribution in [3.05, 3.63) is 39.4 Å². The number of carbonyl (C=O) groups is 2. The van der Waals surface area contributed by atoms with Crippen molar-refractivity contribution in [3.8, 4) is 0 Å². The smallest absolute Gasteiger partial charge is 0.330 e. The highest BCUT2D eigenvalue weighted by molar-refractivity contribution is 5.98. The summed E-state index contributed by atoms with van der Waals surface area (Å²) in [5.74, 6) is -4.63. The number of ether oxygens (including phenoxy) is 1. The molecule has 0 aliphatic rings. The van der Waals surface area contributed by atoms with Crippen molar-refractivity contribution in [1.82, 2.24) is 5.32 Å². The van der Waals surface area contributed by atoms with E-state index < -0.39 is 45.2 Å². The first kappa shape index (κ1) is 16.5. The Bertz CT molecular complexity index is 616. The van der Waals surface area contributed by atoms with E-state index in [9.17, 15) is 28.5 Å². The molecule has 1 N–H and O–H groups in total. The van der Waals surface area contributed by atoms with Crippen molar-refractivity contribution in [2.45, 2.75) is 19.4 Å². The molecule has 114 valence electrons. The maximum Gasteiger partial charge on any atom is 0.330 e. The Morgan fingerprint density at radius 1 is 1.33 bits per heavy atom. The minimum absolute atomic E-state index is 0.359. The molecule has 0 bridgehead atoms. The van der Waals surface area contributed by atoms with Gasteiger partial charge in [-0.2, -0.15) is 4.39 Å². The number of hydrogen-bond donors (Lipinski definition) is 1. The predicted octanol–water partition coefficient (Wildman–Crippen LogP) is 1.55. The zero-order valence-corrected chi connectivity index (χ0v) is 11.4. The summed E-state index contributed by atoms with van der Waals surface area (Å²) in [5.41, 5.74) is -3.56. The van der Waals surface area contributed by atoms with E-state index in [1.54, 1.807) is 0 Å². The molecule has 0 saturated carbocycles. The van der Waals surface area contributed by atoms with E-state index >= 15 is 0 Å². The molecule has 0 aliphatic heterocycles. The average molecular weight is 302 g/mol. The third-order valence-corrected chi connectivity index (χ3v) is 2.58. The fourth-order valence-electron chi connectivity index (χ4n) is 1.53. The van der Waals surface area contributed by atoms with E-state index in [0.717, 1.165) is 7.11 Å². The van der Waals surface area contributed by atoms with Crippen molar-refractivity contribution in [2.24, 2.45) is 0 Å². The molecule has 1 aromatic rings. The van der Waals surface area contributed by atoms with Crippen LogP contribution in [0.15, 0.2) is 12.1 Å². The summed E-state index contributed by atoms with van der Waals surface area (Å²) in [6.07, 6.45) is 0. The van der Waals surface area contributed by atoms with Gasteiger partial charge in [-0.25, -0.2) is 9.18 Å². The molecule has 0 unspecified atom stereocenters. The molecule has 0 spiro atoms. The minimum Gasteiger partial charge on any atom is -0.467 e. The van der Waals surface area contributed by atoms with Gasteiger partial charge in [0.1, 0.15) is 11.4 Å². The van der Waals surface area contributed by atoms with E-state index in [1.807, 2.05) is 0 Å². The number of nitro groups is 1. The summed E-state index contributed by atoms with van der Waals surface area (Å²) >= 11 is 0. The minimum atomic E-state index is -1.51. The summed E-state index contributed by atoms with van der Waals surface area (Å²) in [5, 5.41) is 12.7. The Hall–Kier alpha value is -2.58. The number of halogens is 2. The van der Waals surface area contributed by atoms with Gasteiger partial charge in [0.05, 0.1) is 23.7 Å². The fourth-order valence-corrected chi connectivity index (χ4v) is 1.53. The highest BCUT2D eigenvalue weighted by Crippen LogP contribution is 2.23. The lowest BCUT2D eigenvalue weighted by Gasteiger charge is -2.23. The van der Waals surface area contributed by atoms with Gasteiger partial charge in [-0.1, -0.05) is 0 Å². The largest absolute Gasteiger partial charge is 0.467 e. The molecular weight excluding hydrogens is 290 g/mol. The summed E-state index contributed by atoms with van der Waals surface area (Å²) in [7, 11) is 1.09. The number of methoxy groups -OCH3 is 1. The van der Waals surface area contributed by atoms with Gasteiger partial charge >= 0.3 is 11.7 Å². The van der Waals surface area contributed by atoms with Crippen LogP contribution in [0.1, 0.15) is 24.2 Å². The van der Waals surface area contributed by atoms with Crippen LogP contribution in [0.25, 0.3) is 0 Å². The molecule has 0 saturated heterocycles. The van der Waals surface area contributed by atoms with Crippen molar-refractivity contribution in [2.75, 3.05) is 7.11 Å². The molecule has 1 aromatic carbocycles. The van der Waals surface area contributed by atoms with E-state index in [-0.39, 0.29) is 0 Å². The number of amides is 1. The number of nitrogens with one attached hydrogen (secondary N) is 1. The summed E-state index contributed by atoms with van der Waals surface area (Å²) in [6, 6.07) is 0.864. The Kier molecular flexibility index (Phi) is 4.56. The number of carbonyl (C=O) groups excluding carboxylic acids is 2. The maximum atomic E-state index is 13.8. The molecule has 0 aromatic heterocycles. The number of rotatable bonds is 4. The second kappa shape index (κ2) is 5.81. The lowest BCUT2D eigenvalue weighted by Crippen LogP contribution is -2.50. The Labute approximate surface area is 118 Å². The SMILES string of the molecule is COC(=O)C(C)(C)NC(=O)c1cc(F)cc([N+](=O)[O-])c1F. The van der Waals surface area contributed by atoms with Crippen LogP contribution in [-0.2, 0) is 9.53 Å². The van der Waals surface area contributed by atoms with Gasteiger partial charge in [-0.05, 0) is 19.9 Å². The van der Waals surface area contributed by atoms with Crippen LogP contribution in [0.3, 0.4) is 0 Å². The summed E-state index contributed by atoms with van der Waals surface area (Å²) in [4.78, 5) is 32.7. The van der Waals surface area contributed by atoms with Gasteiger partial charge in [0.2, 0.25) is 5.82 Å². The van der Waals surface area contributed by atoms with Crippen LogP contribution in [0.4, 0.5) is 14.5 Å². The predicted molar refractivity (Wildman–Crippen MR) is 66.6 cm³/mol. The van der Waals surface area contributed by atoms with Gasteiger partial charge in [-0.3, -0.25) is 14.9 Å². The van der Waals surface area contributed by atoms with E-state index in [4.69, 9.17) is 0 Å². The molecule has 9 heteroatoms. The lowest BCUT2D eigenvalue weighted by molar-refractivity contribution is -0.387. The second-order valence-corrected chi connectivity index (χ2v) is 4.61. The molecule has 0 fully saturated rings. The van der Waals surface area contributed by atoms with Gasteiger partial charge in [-0.15, -0.1) is 0 Å². The maximum absolute atomic E-state index is 13.8. The Balaban J connectivity index is 3.20. The first-order chi connectivity index (χ1) is 9.60. The van der Waals surface area contributed by atoms with Crippen molar-refractivity contribution < 1.29 is 28.0 Å². The third kappa shape index (κ3) is 3.50. The first-order valence-corrected chi connectivity index (χ1v) is 5.64. The van der Waals surface area contributed by atoms with Gasteiger partial charge < -0.3 is 10.1 Å².